The fourth-order valence-electron chi connectivity index (χ4n) is 5.64. The maximum atomic E-state index is 2.50. The second kappa shape index (κ2) is 7.46. The third-order valence-corrected chi connectivity index (χ3v) is 8.04. The Bertz CT molecular complexity index is 1080. The Hall–Kier alpha value is -2.08. The van der Waals surface area contributed by atoms with Crippen molar-refractivity contribution in [3.8, 4) is 11.1 Å². The minimum atomic E-state index is 0.0516. The molecule has 0 bridgehead atoms. The van der Waals surface area contributed by atoms with Crippen molar-refractivity contribution < 1.29 is 0 Å². The molecule has 4 rings (SSSR count). The van der Waals surface area contributed by atoms with Crippen LogP contribution < -0.4 is 0 Å². The van der Waals surface area contributed by atoms with Gasteiger partial charge in [0, 0.05) is 5.92 Å². The molecule has 0 unspecified atom stereocenters. The number of rotatable bonds is 2. The van der Waals surface area contributed by atoms with Crippen molar-refractivity contribution in [2.75, 3.05) is 0 Å². The largest absolute Gasteiger partial charge is 0.0767 e. The third kappa shape index (κ3) is 4.16. The number of hydrogen-bond acceptors (Lipinski definition) is 0. The van der Waals surface area contributed by atoms with E-state index in [0.29, 0.717) is 5.92 Å². The summed E-state index contributed by atoms with van der Waals surface area (Å²) in [6, 6.07) is 14.6. The Labute approximate surface area is 203 Å². The first kappa shape index (κ1) is 24.1. The highest BCUT2D eigenvalue weighted by Gasteiger charge is 2.43. The molecular weight excluding hydrogens is 396 g/mol. The highest BCUT2D eigenvalue weighted by atomic mass is 14.5. The van der Waals surface area contributed by atoms with Crippen molar-refractivity contribution in [3.05, 3.63) is 82.0 Å². The lowest BCUT2D eigenvalue weighted by molar-refractivity contribution is 0.388. The van der Waals surface area contributed by atoms with Gasteiger partial charge in [-0.25, -0.2) is 0 Å². The van der Waals surface area contributed by atoms with E-state index >= 15 is 0 Å². The summed E-state index contributed by atoms with van der Waals surface area (Å²) in [4.78, 5) is 0. The van der Waals surface area contributed by atoms with E-state index < -0.39 is 0 Å². The van der Waals surface area contributed by atoms with Crippen LogP contribution in [0.4, 0.5) is 0 Å². The number of fused-ring (bicyclic) bond motifs is 3. The summed E-state index contributed by atoms with van der Waals surface area (Å²) in [5.74, 6) is 0.379. The molecule has 0 nitrogen and oxygen atoms in total. The van der Waals surface area contributed by atoms with Gasteiger partial charge in [-0.05, 0) is 67.0 Å². The Kier molecular flexibility index (Phi) is 5.44. The molecule has 2 aromatic carbocycles. The third-order valence-electron chi connectivity index (χ3n) is 8.04. The molecule has 0 heterocycles. The minimum Gasteiger partial charge on any atom is -0.0767 e. The molecule has 2 aliphatic carbocycles. The van der Waals surface area contributed by atoms with Crippen LogP contribution in [0.15, 0.2) is 59.7 Å². The fourth-order valence-corrected chi connectivity index (χ4v) is 5.64. The van der Waals surface area contributed by atoms with E-state index in [1.54, 1.807) is 5.57 Å². The number of allylic oxidation sites excluding steroid dienone is 4. The Balaban J connectivity index is 1.90. The van der Waals surface area contributed by atoms with Crippen molar-refractivity contribution >= 4 is 0 Å². The van der Waals surface area contributed by atoms with Crippen molar-refractivity contribution in [1.29, 1.82) is 0 Å². The van der Waals surface area contributed by atoms with Crippen molar-refractivity contribution in [3.63, 3.8) is 0 Å². The lowest BCUT2D eigenvalue weighted by Gasteiger charge is -2.35. The molecule has 33 heavy (non-hydrogen) atoms. The Morgan fingerprint density at radius 3 is 1.42 bits per heavy atom. The maximum absolute atomic E-state index is 2.50. The molecule has 176 valence electrons. The van der Waals surface area contributed by atoms with Gasteiger partial charge in [0.25, 0.3) is 0 Å². The topological polar surface area (TPSA) is 0 Å². The van der Waals surface area contributed by atoms with Crippen LogP contribution in [0.25, 0.3) is 11.1 Å². The maximum Gasteiger partial charge on any atom is 0.0190 e. The quantitative estimate of drug-likeness (QED) is 0.436. The van der Waals surface area contributed by atoms with Crippen molar-refractivity contribution in [1.82, 2.24) is 0 Å². The molecule has 0 saturated carbocycles. The molecule has 0 spiro atoms. The summed E-state index contributed by atoms with van der Waals surface area (Å²) in [6.07, 6.45) is 6.03. The summed E-state index contributed by atoms with van der Waals surface area (Å²) in [7, 11) is 0. The molecule has 0 fully saturated rings. The van der Waals surface area contributed by atoms with Crippen molar-refractivity contribution in [2.24, 2.45) is 10.8 Å². The second-order valence-corrected chi connectivity index (χ2v) is 14.0. The fraction of sp³-hybridized carbons (Fsp3) is 0.515. The van der Waals surface area contributed by atoms with Gasteiger partial charge in [-0.2, -0.15) is 0 Å². The zero-order valence-corrected chi connectivity index (χ0v) is 22.9. The molecule has 0 aromatic heterocycles. The van der Waals surface area contributed by atoms with Gasteiger partial charge in [-0.3, -0.25) is 0 Å². The molecule has 0 heteroatoms. The number of hydrogen-bond donors (Lipinski definition) is 0. The Morgan fingerprint density at radius 1 is 0.606 bits per heavy atom. The SMILES string of the molecule is CC(C)(C)C1=CCC(C(C)(C)C2c3ccc(C(C)(C)C)cc3-c3cc(C(C)(C)C)ccc32)=C1. The zero-order chi connectivity index (χ0) is 24.6. The average Bonchev–Trinajstić information content (AvgIpc) is 3.29. The van der Waals surface area contributed by atoms with Gasteiger partial charge in [0.1, 0.15) is 0 Å². The monoisotopic (exact) mass is 440 g/mol. The van der Waals surface area contributed by atoms with Crippen LogP contribution in [0.3, 0.4) is 0 Å². The second-order valence-electron chi connectivity index (χ2n) is 14.0. The van der Waals surface area contributed by atoms with Crippen LogP contribution in [-0.4, -0.2) is 0 Å². The normalized spacial score (nSPS) is 17.1. The van der Waals surface area contributed by atoms with E-state index in [1.165, 1.54) is 39.0 Å². The minimum absolute atomic E-state index is 0.0516. The first-order chi connectivity index (χ1) is 15.0. The van der Waals surface area contributed by atoms with Gasteiger partial charge < -0.3 is 0 Å². The van der Waals surface area contributed by atoms with Crippen LogP contribution in [-0.2, 0) is 10.8 Å². The average molecular weight is 441 g/mol. The van der Waals surface area contributed by atoms with Gasteiger partial charge in [0.15, 0.2) is 0 Å². The highest BCUT2D eigenvalue weighted by Crippen LogP contribution is 2.57. The number of benzene rings is 2. The highest BCUT2D eigenvalue weighted by molar-refractivity contribution is 5.81. The van der Waals surface area contributed by atoms with E-state index in [2.05, 4.69) is 125 Å². The Morgan fingerprint density at radius 2 is 1.06 bits per heavy atom. The summed E-state index contributed by atoms with van der Waals surface area (Å²) >= 11 is 0. The van der Waals surface area contributed by atoms with Gasteiger partial charge in [-0.15, -0.1) is 0 Å². The molecule has 0 saturated heterocycles. The van der Waals surface area contributed by atoms with Gasteiger partial charge >= 0.3 is 0 Å². The van der Waals surface area contributed by atoms with E-state index in [1.807, 2.05) is 0 Å². The van der Waals surface area contributed by atoms with Crippen LogP contribution in [0.2, 0.25) is 0 Å². The van der Waals surface area contributed by atoms with Crippen LogP contribution >= 0.6 is 0 Å². The predicted molar refractivity (Wildman–Crippen MR) is 145 cm³/mol. The molecule has 0 amide bonds. The summed E-state index contributed by atoms with van der Waals surface area (Å²) < 4.78 is 0. The summed E-state index contributed by atoms with van der Waals surface area (Å²) in [5.41, 5.74) is 12.3. The van der Waals surface area contributed by atoms with E-state index in [-0.39, 0.29) is 21.7 Å². The van der Waals surface area contributed by atoms with E-state index in [4.69, 9.17) is 0 Å². The molecule has 0 N–H and O–H groups in total. The smallest absolute Gasteiger partial charge is 0.0190 e. The van der Waals surface area contributed by atoms with Gasteiger partial charge in [-0.1, -0.05) is 130 Å². The van der Waals surface area contributed by atoms with Gasteiger partial charge in [0.2, 0.25) is 0 Å². The summed E-state index contributed by atoms with van der Waals surface area (Å²) in [5, 5.41) is 0. The first-order valence-electron chi connectivity index (χ1n) is 12.7. The van der Waals surface area contributed by atoms with Crippen LogP contribution in [0, 0.1) is 10.8 Å². The van der Waals surface area contributed by atoms with Crippen LogP contribution in [0.1, 0.15) is 111 Å². The molecule has 2 aliphatic rings. The van der Waals surface area contributed by atoms with Crippen molar-refractivity contribution in [2.45, 2.75) is 99.3 Å². The zero-order valence-electron chi connectivity index (χ0n) is 22.9. The molecule has 0 aliphatic heterocycles. The summed E-state index contributed by atoms with van der Waals surface area (Å²) in [6.45, 7) is 25.8. The van der Waals surface area contributed by atoms with E-state index in [0.717, 1.165) is 6.42 Å². The van der Waals surface area contributed by atoms with E-state index in [9.17, 15) is 0 Å². The van der Waals surface area contributed by atoms with Crippen LogP contribution in [0.5, 0.6) is 0 Å². The molecule has 2 aromatic rings. The molecule has 0 atom stereocenters. The lowest BCUT2D eigenvalue weighted by atomic mass is 9.68. The first-order valence-corrected chi connectivity index (χ1v) is 12.7. The standard InChI is InChI=1S/C33H44/c1-30(2,3)21-12-13-24(18-21)33(10,11)29-25-16-14-22(31(4,5)6)19-27(25)28-20-23(32(7,8)9)15-17-26(28)29/h12,14-20,29H,13H2,1-11H3. The molecule has 0 radical (unpaired) electrons. The molecular formula is C33H44. The van der Waals surface area contributed by atoms with Gasteiger partial charge in [0.05, 0.1) is 0 Å². The lowest BCUT2D eigenvalue weighted by Crippen LogP contribution is -2.24. The predicted octanol–water partition coefficient (Wildman–Crippen LogP) is 9.72.